The van der Waals surface area contributed by atoms with Crippen molar-refractivity contribution in [2.75, 3.05) is 29.9 Å². The minimum Gasteiger partial charge on any atom is -0.361 e. The first kappa shape index (κ1) is 19.6. The van der Waals surface area contributed by atoms with E-state index in [-0.39, 0.29) is 18.8 Å². The fourth-order valence-electron chi connectivity index (χ4n) is 4.05. The largest absolute Gasteiger partial charge is 0.361 e. The number of carbonyl (C=O) groups is 1. The molecule has 5 heterocycles. The van der Waals surface area contributed by atoms with Crippen LogP contribution in [0.15, 0.2) is 43.0 Å². The van der Waals surface area contributed by atoms with E-state index in [2.05, 4.69) is 30.5 Å². The van der Waals surface area contributed by atoms with Gasteiger partial charge in [-0.15, -0.1) is 15.3 Å². The molecule has 3 aromatic heterocycles. The Kier molecular flexibility index (Phi) is 4.45. The Morgan fingerprint density at radius 1 is 1.18 bits per heavy atom. The molecule has 168 valence electrons. The van der Waals surface area contributed by atoms with Crippen LogP contribution in [-0.4, -0.2) is 66.3 Å². The van der Waals surface area contributed by atoms with Crippen LogP contribution in [0.25, 0.3) is 16.7 Å². The molecule has 0 bridgehead atoms. The number of benzene rings is 1. The van der Waals surface area contributed by atoms with Gasteiger partial charge in [0.1, 0.15) is 24.0 Å². The van der Waals surface area contributed by atoms with Crippen molar-refractivity contribution in [2.24, 2.45) is 0 Å². The predicted molar refractivity (Wildman–Crippen MR) is 115 cm³/mol. The molecule has 33 heavy (non-hydrogen) atoms. The molecular formula is C21H19F2N9O. The van der Waals surface area contributed by atoms with Gasteiger partial charge in [-0.3, -0.25) is 0 Å². The van der Waals surface area contributed by atoms with Gasteiger partial charge < -0.3 is 19.7 Å². The number of pyridine rings is 1. The normalized spacial score (nSPS) is 16.1. The number of aromatic nitrogens is 6. The molecule has 12 heteroatoms. The van der Waals surface area contributed by atoms with Gasteiger partial charge >= 0.3 is 6.03 Å². The van der Waals surface area contributed by atoms with Crippen molar-refractivity contribution < 1.29 is 13.6 Å². The fraction of sp³-hybridized carbons (Fsp3) is 0.286. The lowest BCUT2D eigenvalue weighted by Gasteiger charge is -2.34. The van der Waals surface area contributed by atoms with Gasteiger partial charge in [-0.05, 0) is 24.3 Å². The first-order valence-corrected chi connectivity index (χ1v) is 10.5. The van der Waals surface area contributed by atoms with Gasteiger partial charge in [0, 0.05) is 30.4 Å². The molecule has 6 rings (SSSR count). The molecular weight excluding hydrogens is 432 g/mol. The van der Waals surface area contributed by atoms with Crippen molar-refractivity contribution in [2.45, 2.75) is 19.3 Å². The summed E-state index contributed by atoms with van der Waals surface area (Å²) in [4.78, 5) is 20.1. The second kappa shape index (κ2) is 7.50. The van der Waals surface area contributed by atoms with Crippen LogP contribution in [-0.2, 0) is 13.1 Å². The maximum atomic E-state index is 14.6. The van der Waals surface area contributed by atoms with E-state index >= 15 is 0 Å². The molecule has 4 aromatic rings. The summed E-state index contributed by atoms with van der Waals surface area (Å²) in [5.74, 6) is 0.391. The van der Waals surface area contributed by atoms with Gasteiger partial charge in [0.25, 0.3) is 0 Å². The second-order valence-electron chi connectivity index (χ2n) is 8.14. The Bertz CT molecular complexity index is 1360. The number of amides is 2. The van der Waals surface area contributed by atoms with Crippen LogP contribution >= 0.6 is 0 Å². The summed E-state index contributed by atoms with van der Waals surface area (Å²) in [6.45, 7) is 2.33. The average Bonchev–Trinajstić information content (AvgIpc) is 3.43. The summed E-state index contributed by atoms with van der Waals surface area (Å²) in [5, 5.41) is 15.9. The Labute approximate surface area is 186 Å². The topological polar surface area (TPSA) is 97.0 Å². The van der Waals surface area contributed by atoms with Crippen molar-refractivity contribution >= 4 is 28.4 Å². The second-order valence-corrected chi connectivity index (χ2v) is 8.14. The maximum Gasteiger partial charge on any atom is 0.322 e. The third-order valence-corrected chi connectivity index (χ3v) is 5.92. The summed E-state index contributed by atoms with van der Waals surface area (Å²) in [6, 6.07) is 5.74. The molecule has 10 nitrogen and oxygen atoms in total. The quantitative estimate of drug-likeness (QED) is 0.514. The van der Waals surface area contributed by atoms with Gasteiger partial charge in [0.15, 0.2) is 11.5 Å². The molecule has 0 aliphatic carbocycles. The van der Waals surface area contributed by atoms with Crippen LogP contribution in [0, 0.1) is 5.82 Å². The zero-order valence-corrected chi connectivity index (χ0v) is 17.4. The van der Waals surface area contributed by atoms with Crippen LogP contribution in [0.1, 0.15) is 5.82 Å². The van der Waals surface area contributed by atoms with Crippen LogP contribution in [0.3, 0.4) is 0 Å². The Morgan fingerprint density at radius 2 is 2.06 bits per heavy atom. The lowest BCUT2D eigenvalue weighted by molar-refractivity contribution is 0.0974. The van der Waals surface area contributed by atoms with Gasteiger partial charge in [0.05, 0.1) is 31.5 Å². The zero-order chi connectivity index (χ0) is 22.5. The summed E-state index contributed by atoms with van der Waals surface area (Å²) in [6.07, 6.45) is 4.18. The highest BCUT2D eigenvalue weighted by atomic mass is 19.1. The summed E-state index contributed by atoms with van der Waals surface area (Å²) in [7, 11) is 0. The molecule has 2 aliphatic rings. The maximum absolute atomic E-state index is 14.6. The average molecular weight is 451 g/mol. The predicted octanol–water partition coefficient (Wildman–Crippen LogP) is 2.36. The van der Waals surface area contributed by atoms with E-state index in [0.29, 0.717) is 17.9 Å². The van der Waals surface area contributed by atoms with Gasteiger partial charge in [-0.25, -0.2) is 23.2 Å². The summed E-state index contributed by atoms with van der Waals surface area (Å²) < 4.78 is 31.0. The van der Waals surface area contributed by atoms with E-state index < -0.39 is 18.0 Å². The number of nitrogens with zero attached hydrogens (tertiary/aromatic N) is 8. The van der Waals surface area contributed by atoms with E-state index in [1.807, 2.05) is 10.6 Å². The number of rotatable bonds is 3. The smallest absolute Gasteiger partial charge is 0.322 e. The van der Waals surface area contributed by atoms with Gasteiger partial charge in [-0.1, -0.05) is 0 Å². The fourth-order valence-corrected chi connectivity index (χ4v) is 4.05. The molecule has 2 amide bonds. The molecule has 1 aromatic carbocycles. The number of alkyl halides is 1. The first-order valence-electron chi connectivity index (χ1n) is 10.5. The van der Waals surface area contributed by atoms with Crippen molar-refractivity contribution in [3.05, 3.63) is 54.6 Å². The molecule has 2 aliphatic heterocycles. The highest BCUT2D eigenvalue weighted by molar-refractivity contribution is 5.90. The number of carbonyl (C=O) groups excluding carboxylic acids is 1. The summed E-state index contributed by atoms with van der Waals surface area (Å²) >= 11 is 0. The molecule has 0 radical (unpaired) electrons. The molecule has 1 N–H and O–H groups in total. The van der Waals surface area contributed by atoms with E-state index in [1.54, 1.807) is 18.7 Å². The third-order valence-electron chi connectivity index (χ3n) is 5.92. The lowest BCUT2D eigenvalue weighted by Crippen LogP contribution is -2.53. The van der Waals surface area contributed by atoms with E-state index in [4.69, 9.17) is 0 Å². The number of anilines is 2. The van der Waals surface area contributed by atoms with Crippen LogP contribution in [0.2, 0.25) is 0 Å². The zero-order valence-electron chi connectivity index (χ0n) is 17.4. The number of hydrogen-bond acceptors (Lipinski definition) is 6. The van der Waals surface area contributed by atoms with Crippen LogP contribution in [0.4, 0.5) is 25.0 Å². The Balaban J connectivity index is 1.26. The molecule has 0 unspecified atom stereocenters. The third kappa shape index (κ3) is 3.52. The van der Waals surface area contributed by atoms with Crippen molar-refractivity contribution in [3.63, 3.8) is 0 Å². The highest BCUT2D eigenvalue weighted by Gasteiger charge is 2.30. The number of hydrogen-bond donors (Lipinski definition) is 1. The number of urea groups is 1. The molecule has 0 spiro atoms. The van der Waals surface area contributed by atoms with Crippen molar-refractivity contribution in [3.8, 4) is 5.69 Å². The van der Waals surface area contributed by atoms with E-state index in [0.717, 1.165) is 30.0 Å². The van der Waals surface area contributed by atoms with Gasteiger partial charge in [0.2, 0.25) is 0 Å². The SMILES string of the molecule is O=C(Nc1ccc(F)c(-n2cc3cc(N4CCn5cnnc5C4)cnc3n2)c1)N1CC(F)C1. The lowest BCUT2D eigenvalue weighted by atomic mass is 10.2. The van der Waals surface area contributed by atoms with Crippen LogP contribution in [0.5, 0.6) is 0 Å². The highest BCUT2D eigenvalue weighted by Crippen LogP contribution is 2.25. The number of nitrogens with one attached hydrogen (secondary N) is 1. The minimum atomic E-state index is -0.989. The summed E-state index contributed by atoms with van der Waals surface area (Å²) in [5.41, 5.74) is 1.95. The van der Waals surface area contributed by atoms with Crippen LogP contribution < -0.4 is 10.2 Å². The standard InChI is InChI=1S/C21H19F2N9O/c22-14-9-31(10-14)21(33)26-15-1-2-17(23)18(6-15)32-8-13-5-16(7-24-20(13)28-32)29-3-4-30-12-25-27-19(30)11-29/h1-2,5-8,12,14H,3-4,9-11H2,(H,26,33). The Hall–Kier alpha value is -4.09. The molecule has 1 fully saturated rings. The monoisotopic (exact) mass is 451 g/mol. The van der Waals surface area contributed by atoms with Gasteiger partial charge in [-0.2, -0.15) is 0 Å². The van der Waals surface area contributed by atoms with Crippen molar-refractivity contribution in [1.29, 1.82) is 0 Å². The molecule has 1 saturated heterocycles. The number of likely N-dealkylation sites (tertiary alicyclic amines) is 1. The molecule has 0 saturated carbocycles. The van der Waals surface area contributed by atoms with E-state index in [1.165, 1.54) is 27.8 Å². The van der Waals surface area contributed by atoms with E-state index in [9.17, 15) is 13.6 Å². The number of fused-ring (bicyclic) bond motifs is 2. The number of halogens is 2. The first-order chi connectivity index (χ1) is 16.0. The van der Waals surface area contributed by atoms with Crippen molar-refractivity contribution in [1.82, 2.24) is 34.4 Å². The minimum absolute atomic E-state index is 0.0633. The molecule has 0 atom stereocenters. The Morgan fingerprint density at radius 3 is 2.91 bits per heavy atom.